The molecular weight excluding hydrogens is 184 g/mol. The van der Waals surface area contributed by atoms with E-state index < -0.39 is 6.04 Å². The molecule has 1 atom stereocenters. The van der Waals surface area contributed by atoms with Gasteiger partial charge >= 0.3 is 5.97 Å². The summed E-state index contributed by atoms with van der Waals surface area (Å²) in [6.07, 6.45) is 0. The third-order valence-electron chi connectivity index (χ3n) is 1.60. The van der Waals surface area contributed by atoms with Crippen LogP contribution in [0.2, 0.25) is 0 Å². The average Bonchev–Trinajstić information content (AvgIpc) is 2.20. The Morgan fingerprint density at radius 2 is 2.29 bits per heavy atom. The van der Waals surface area contributed by atoms with Gasteiger partial charge in [0.2, 0.25) is 0 Å². The highest BCUT2D eigenvalue weighted by Gasteiger charge is 2.12. The van der Waals surface area contributed by atoms with Gasteiger partial charge in [-0.3, -0.25) is 0 Å². The topological polar surface area (TPSA) is 90.1 Å². The maximum absolute atomic E-state index is 11.0. The first kappa shape index (κ1) is 10.2. The lowest BCUT2D eigenvalue weighted by Crippen LogP contribution is -2.27. The Morgan fingerprint density at radius 3 is 2.79 bits per heavy atom. The molecule has 76 valence electrons. The molecule has 3 N–H and O–H groups in total. The lowest BCUT2D eigenvalue weighted by Gasteiger charge is -2.10. The van der Waals surface area contributed by atoms with Crippen molar-refractivity contribution < 1.29 is 9.53 Å². The van der Waals surface area contributed by atoms with Crippen molar-refractivity contribution in [3.8, 4) is 0 Å². The summed E-state index contributed by atoms with van der Waals surface area (Å²) in [7, 11) is 1.33. The van der Waals surface area contributed by atoms with Gasteiger partial charge in [-0.05, 0) is 19.1 Å². The molecule has 0 aliphatic rings. The molecule has 0 bridgehead atoms. The Bertz CT molecular complexity index is 312. The fraction of sp³-hybridized carbons (Fsp3) is 0.375. The first-order valence-corrected chi connectivity index (χ1v) is 4.07. The quantitative estimate of drug-likeness (QED) is 0.663. The predicted octanol–water partition coefficient (Wildman–Crippen LogP) is 0.0322. The van der Waals surface area contributed by atoms with Crippen molar-refractivity contribution in [2.45, 2.75) is 13.0 Å². The lowest BCUT2D eigenvalue weighted by molar-refractivity contribution is -0.141. The van der Waals surface area contributed by atoms with E-state index in [0.29, 0.717) is 11.6 Å². The summed E-state index contributed by atoms with van der Waals surface area (Å²) in [5.41, 5.74) is 5.35. The van der Waals surface area contributed by atoms with E-state index >= 15 is 0 Å². The summed E-state index contributed by atoms with van der Waals surface area (Å²) >= 11 is 0. The number of rotatable bonds is 3. The van der Waals surface area contributed by atoms with Crippen LogP contribution in [0.25, 0.3) is 0 Å². The molecule has 1 rings (SSSR count). The number of nitrogens with one attached hydrogen (secondary N) is 1. The maximum atomic E-state index is 11.0. The van der Waals surface area contributed by atoms with Crippen molar-refractivity contribution in [2.24, 2.45) is 0 Å². The van der Waals surface area contributed by atoms with Gasteiger partial charge in [-0.2, -0.15) is 0 Å². The molecule has 0 saturated carbocycles. The highest BCUT2D eigenvalue weighted by Crippen LogP contribution is 2.04. The Hall–Kier alpha value is -1.85. The van der Waals surface area contributed by atoms with Gasteiger partial charge < -0.3 is 15.8 Å². The molecule has 6 heteroatoms. The van der Waals surface area contributed by atoms with Crippen LogP contribution in [0.3, 0.4) is 0 Å². The van der Waals surface area contributed by atoms with E-state index in [1.165, 1.54) is 7.11 Å². The van der Waals surface area contributed by atoms with Crippen molar-refractivity contribution in [3.05, 3.63) is 12.1 Å². The highest BCUT2D eigenvalue weighted by atomic mass is 16.5. The molecule has 0 saturated heterocycles. The Morgan fingerprint density at radius 1 is 1.57 bits per heavy atom. The molecule has 6 nitrogen and oxygen atoms in total. The SMILES string of the molecule is COC(=O)C(C)Nc1ccc(N)nn1. The first-order valence-electron chi connectivity index (χ1n) is 4.07. The van der Waals surface area contributed by atoms with Crippen molar-refractivity contribution in [1.29, 1.82) is 0 Å². The molecule has 1 unspecified atom stereocenters. The van der Waals surface area contributed by atoms with Crippen molar-refractivity contribution >= 4 is 17.6 Å². The van der Waals surface area contributed by atoms with Crippen LogP contribution < -0.4 is 11.1 Å². The number of esters is 1. The summed E-state index contributed by atoms with van der Waals surface area (Å²) in [6, 6.07) is 2.78. The second-order valence-corrected chi connectivity index (χ2v) is 2.73. The molecule has 0 spiro atoms. The second kappa shape index (κ2) is 4.40. The summed E-state index contributed by atoms with van der Waals surface area (Å²) in [5, 5.41) is 10.2. The number of nitrogens with zero attached hydrogens (tertiary/aromatic N) is 2. The smallest absolute Gasteiger partial charge is 0.328 e. The molecule has 0 aliphatic carbocycles. The third kappa shape index (κ3) is 2.58. The van der Waals surface area contributed by atoms with Crippen LogP contribution in [-0.2, 0) is 9.53 Å². The largest absolute Gasteiger partial charge is 0.467 e. The highest BCUT2D eigenvalue weighted by molar-refractivity contribution is 5.78. The van der Waals surface area contributed by atoms with E-state index in [2.05, 4.69) is 20.3 Å². The Balaban J connectivity index is 2.60. The second-order valence-electron chi connectivity index (χ2n) is 2.73. The maximum Gasteiger partial charge on any atom is 0.328 e. The summed E-state index contributed by atoms with van der Waals surface area (Å²) in [4.78, 5) is 11.0. The summed E-state index contributed by atoms with van der Waals surface area (Å²) in [5.74, 6) is 0.460. The molecule has 0 radical (unpaired) electrons. The van der Waals surface area contributed by atoms with Crippen molar-refractivity contribution in [3.63, 3.8) is 0 Å². The number of aromatic nitrogens is 2. The first-order chi connectivity index (χ1) is 6.63. The van der Waals surface area contributed by atoms with E-state index in [1.807, 2.05) is 0 Å². The summed E-state index contributed by atoms with van der Waals surface area (Å²) < 4.78 is 4.53. The standard InChI is InChI=1S/C8H12N4O2/c1-5(8(13)14-2)10-7-4-3-6(9)11-12-7/h3-5H,1-2H3,(H2,9,11)(H,10,12). The number of carbonyl (C=O) groups is 1. The fourth-order valence-corrected chi connectivity index (χ4v) is 0.877. The van der Waals surface area contributed by atoms with Gasteiger partial charge in [-0.1, -0.05) is 0 Å². The molecule has 1 aromatic heterocycles. The van der Waals surface area contributed by atoms with Crippen LogP contribution in [0.4, 0.5) is 11.6 Å². The van der Waals surface area contributed by atoms with Crippen LogP contribution in [0, 0.1) is 0 Å². The number of anilines is 2. The third-order valence-corrected chi connectivity index (χ3v) is 1.60. The molecule has 0 aromatic carbocycles. The van der Waals surface area contributed by atoms with E-state index in [1.54, 1.807) is 19.1 Å². The average molecular weight is 196 g/mol. The molecule has 0 amide bonds. The molecule has 0 aliphatic heterocycles. The monoisotopic (exact) mass is 196 g/mol. The number of nitrogens with two attached hydrogens (primary N) is 1. The molecule has 0 fully saturated rings. The van der Waals surface area contributed by atoms with Gasteiger partial charge in [0, 0.05) is 0 Å². The van der Waals surface area contributed by atoms with Crippen molar-refractivity contribution in [1.82, 2.24) is 10.2 Å². The normalized spacial score (nSPS) is 11.9. The molecule has 1 aromatic rings. The predicted molar refractivity (Wildman–Crippen MR) is 51.5 cm³/mol. The number of nitrogen functional groups attached to an aromatic ring is 1. The zero-order chi connectivity index (χ0) is 10.6. The number of ether oxygens (including phenoxy) is 1. The minimum absolute atomic E-state index is 0.335. The van der Waals surface area contributed by atoms with E-state index in [9.17, 15) is 4.79 Å². The number of hydrogen-bond donors (Lipinski definition) is 2. The van der Waals surface area contributed by atoms with E-state index in [0.717, 1.165) is 0 Å². The van der Waals surface area contributed by atoms with Crippen molar-refractivity contribution in [2.75, 3.05) is 18.2 Å². The number of methoxy groups -OCH3 is 1. The van der Waals surface area contributed by atoms with E-state index in [-0.39, 0.29) is 5.97 Å². The molecule has 1 heterocycles. The lowest BCUT2D eigenvalue weighted by atomic mass is 10.3. The van der Waals surface area contributed by atoms with Gasteiger partial charge in [-0.15, -0.1) is 10.2 Å². The molecular formula is C8H12N4O2. The van der Waals surface area contributed by atoms with Crippen LogP contribution >= 0.6 is 0 Å². The van der Waals surface area contributed by atoms with Crippen LogP contribution in [-0.4, -0.2) is 29.3 Å². The minimum atomic E-state index is -0.460. The van der Waals surface area contributed by atoms with Gasteiger partial charge in [0.05, 0.1) is 7.11 Å². The minimum Gasteiger partial charge on any atom is -0.467 e. The van der Waals surface area contributed by atoms with Gasteiger partial charge in [0.15, 0.2) is 0 Å². The van der Waals surface area contributed by atoms with Crippen LogP contribution in [0.5, 0.6) is 0 Å². The Labute approximate surface area is 81.5 Å². The number of carbonyl (C=O) groups excluding carboxylic acids is 1. The number of hydrogen-bond acceptors (Lipinski definition) is 6. The van der Waals surface area contributed by atoms with Crippen LogP contribution in [0.15, 0.2) is 12.1 Å². The van der Waals surface area contributed by atoms with Gasteiger partial charge in [0.25, 0.3) is 0 Å². The van der Waals surface area contributed by atoms with Crippen LogP contribution in [0.1, 0.15) is 6.92 Å². The molecule has 14 heavy (non-hydrogen) atoms. The van der Waals surface area contributed by atoms with Gasteiger partial charge in [0.1, 0.15) is 17.7 Å². The van der Waals surface area contributed by atoms with E-state index in [4.69, 9.17) is 5.73 Å². The Kier molecular flexibility index (Phi) is 3.22. The van der Waals surface area contributed by atoms with Gasteiger partial charge in [-0.25, -0.2) is 4.79 Å². The zero-order valence-electron chi connectivity index (χ0n) is 8.02. The zero-order valence-corrected chi connectivity index (χ0v) is 8.02. The fourth-order valence-electron chi connectivity index (χ4n) is 0.877. The summed E-state index contributed by atoms with van der Waals surface area (Å²) in [6.45, 7) is 1.67.